The van der Waals surface area contributed by atoms with Gasteiger partial charge in [-0.1, -0.05) is 0 Å². The minimum Gasteiger partial charge on any atom is -0.480 e. The average Bonchev–Trinajstić information content (AvgIpc) is 2.91. The molecule has 1 aliphatic rings. The van der Waals surface area contributed by atoms with Gasteiger partial charge in [-0.3, -0.25) is 0 Å². The second kappa shape index (κ2) is 5.55. The highest BCUT2D eigenvalue weighted by molar-refractivity contribution is 8.00. The molecule has 2 heterocycles. The molecule has 1 aromatic heterocycles. The first-order valence-electron chi connectivity index (χ1n) is 5.58. The number of rotatable bonds is 4. The van der Waals surface area contributed by atoms with Crippen molar-refractivity contribution in [3.63, 3.8) is 0 Å². The number of aromatic nitrogens is 2. The summed E-state index contributed by atoms with van der Waals surface area (Å²) < 4.78 is 10.2. The molecule has 0 spiro atoms. The van der Waals surface area contributed by atoms with Crippen LogP contribution in [0.25, 0.3) is 0 Å². The van der Waals surface area contributed by atoms with Crippen molar-refractivity contribution >= 4 is 11.8 Å². The molecule has 1 aliphatic heterocycles. The van der Waals surface area contributed by atoms with E-state index >= 15 is 0 Å². The maximum absolute atomic E-state index is 6.22. The van der Waals surface area contributed by atoms with Crippen molar-refractivity contribution in [1.82, 2.24) is 9.97 Å². The van der Waals surface area contributed by atoms with Gasteiger partial charge in [-0.2, -0.15) is 16.7 Å². The van der Waals surface area contributed by atoms with Crippen molar-refractivity contribution in [2.75, 3.05) is 20.0 Å². The number of hydrogen-bond acceptors (Lipinski definition) is 6. The van der Waals surface area contributed by atoms with E-state index in [2.05, 4.69) is 9.97 Å². The van der Waals surface area contributed by atoms with Crippen LogP contribution in [0.3, 0.4) is 0 Å². The molecule has 94 valence electrons. The van der Waals surface area contributed by atoms with E-state index in [0.717, 1.165) is 6.42 Å². The maximum atomic E-state index is 6.22. The third kappa shape index (κ3) is 2.63. The van der Waals surface area contributed by atoms with E-state index < -0.39 is 0 Å². The minimum atomic E-state index is -0.129. The van der Waals surface area contributed by atoms with Crippen molar-refractivity contribution in [2.24, 2.45) is 5.73 Å². The van der Waals surface area contributed by atoms with E-state index in [1.165, 1.54) is 12.2 Å². The molecule has 2 rings (SSSR count). The summed E-state index contributed by atoms with van der Waals surface area (Å²) >= 11 is 1.89. The van der Waals surface area contributed by atoms with Gasteiger partial charge in [0, 0.05) is 5.25 Å². The molecule has 0 saturated carbocycles. The second-order valence-corrected chi connectivity index (χ2v) is 5.23. The number of nitrogens with two attached hydrogens (primary N) is 1. The van der Waals surface area contributed by atoms with Crippen LogP contribution in [0.2, 0.25) is 0 Å². The van der Waals surface area contributed by atoms with E-state index in [-0.39, 0.29) is 6.04 Å². The van der Waals surface area contributed by atoms with Crippen molar-refractivity contribution in [2.45, 2.75) is 24.1 Å². The van der Waals surface area contributed by atoms with Crippen LogP contribution in [0.1, 0.15) is 24.6 Å². The van der Waals surface area contributed by atoms with Gasteiger partial charge in [0.15, 0.2) is 0 Å². The first-order valence-corrected chi connectivity index (χ1v) is 6.63. The van der Waals surface area contributed by atoms with Gasteiger partial charge in [0.05, 0.1) is 26.5 Å². The summed E-state index contributed by atoms with van der Waals surface area (Å²) in [5.41, 5.74) is 6.94. The van der Waals surface area contributed by atoms with Gasteiger partial charge in [-0.15, -0.1) is 0 Å². The molecule has 2 atom stereocenters. The van der Waals surface area contributed by atoms with E-state index in [0.29, 0.717) is 22.7 Å². The van der Waals surface area contributed by atoms with Crippen molar-refractivity contribution in [3.05, 3.63) is 11.9 Å². The molecule has 0 bridgehead atoms. The predicted octanol–water partition coefficient (Wildman–Crippen LogP) is 1.39. The fraction of sp³-hybridized carbons (Fsp3) is 0.636. The fourth-order valence-corrected chi connectivity index (χ4v) is 3.21. The average molecular weight is 255 g/mol. The molecule has 1 saturated heterocycles. The highest BCUT2D eigenvalue weighted by Gasteiger charge is 2.28. The van der Waals surface area contributed by atoms with Crippen LogP contribution < -0.4 is 15.2 Å². The minimum absolute atomic E-state index is 0.129. The summed E-state index contributed by atoms with van der Waals surface area (Å²) in [6, 6.07) is -0.129. The highest BCUT2D eigenvalue weighted by Crippen LogP contribution is 2.36. The standard InChI is InChI=1S/C11H17N3O2S/c1-15-8-6-13-10(11(14-8)16-2)9(12)7-4-3-5-17-7/h6-7,9H,3-5,12H2,1-2H3. The third-order valence-electron chi connectivity index (χ3n) is 2.83. The second-order valence-electron chi connectivity index (χ2n) is 3.88. The smallest absolute Gasteiger partial charge is 0.240 e. The molecule has 17 heavy (non-hydrogen) atoms. The van der Waals surface area contributed by atoms with Crippen LogP contribution in [-0.2, 0) is 0 Å². The lowest BCUT2D eigenvalue weighted by atomic mass is 10.1. The fourth-order valence-electron chi connectivity index (χ4n) is 1.91. The zero-order valence-electron chi connectivity index (χ0n) is 10.0. The third-order valence-corrected chi connectivity index (χ3v) is 4.31. The predicted molar refractivity (Wildman–Crippen MR) is 67.5 cm³/mol. The van der Waals surface area contributed by atoms with Crippen LogP contribution >= 0.6 is 11.8 Å². The normalized spacial score (nSPS) is 21.2. The van der Waals surface area contributed by atoms with Crippen molar-refractivity contribution in [1.29, 1.82) is 0 Å². The monoisotopic (exact) mass is 255 g/mol. The molecule has 2 N–H and O–H groups in total. The Kier molecular flexibility index (Phi) is 4.06. The number of thioether (sulfide) groups is 1. The SMILES string of the molecule is COc1cnc(C(N)C2CCCS2)c(OC)n1. The lowest BCUT2D eigenvalue weighted by Crippen LogP contribution is -2.23. The maximum Gasteiger partial charge on any atom is 0.240 e. The van der Waals surface area contributed by atoms with E-state index in [1.807, 2.05) is 11.8 Å². The van der Waals surface area contributed by atoms with E-state index in [4.69, 9.17) is 15.2 Å². The molecular weight excluding hydrogens is 238 g/mol. The Morgan fingerprint density at radius 2 is 2.29 bits per heavy atom. The van der Waals surface area contributed by atoms with Crippen LogP contribution in [-0.4, -0.2) is 35.2 Å². The molecule has 2 unspecified atom stereocenters. The largest absolute Gasteiger partial charge is 0.480 e. The summed E-state index contributed by atoms with van der Waals surface area (Å²) in [6.45, 7) is 0. The van der Waals surface area contributed by atoms with Crippen LogP contribution in [0.4, 0.5) is 0 Å². The van der Waals surface area contributed by atoms with Gasteiger partial charge in [0.25, 0.3) is 0 Å². The summed E-state index contributed by atoms with van der Waals surface area (Å²) in [6.07, 6.45) is 3.93. The Hall–Kier alpha value is -1.01. The van der Waals surface area contributed by atoms with Gasteiger partial charge in [-0.05, 0) is 18.6 Å². The molecule has 0 radical (unpaired) electrons. The topological polar surface area (TPSA) is 70.3 Å². The number of ether oxygens (including phenoxy) is 2. The van der Waals surface area contributed by atoms with Gasteiger partial charge < -0.3 is 15.2 Å². The van der Waals surface area contributed by atoms with Gasteiger partial charge in [-0.25, -0.2) is 4.98 Å². The van der Waals surface area contributed by atoms with E-state index in [1.54, 1.807) is 20.4 Å². The molecule has 0 aromatic carbocycles. The molecule has 1 fully saturated rings. The van der Waals surface area contributed by atoms with Crippen molar-refractivity contribution < 1.29 is 9.47 Å². The van der Waals surface area contributed by atoms with Crippen molar-refractivity contribution in [3.8, 4) is 11.8 Å². The zero-order valence-corrected chi connectivity index (χ0v) is 10.9. The molecule has 5 nitrogen and oxygen atoms in total. The van der Waals surface area contributed by atoms with Gasteiger partial charge in [0.1, 0.15) is 5.69 Å². The lowest BCUT2D eigenvalue weighted by Gasteiger charge is -2.19. The summed E-state index contributed by atoms with van der Waals surface area (Å²) in [5, 5.41) is 0.409. The Labute approximate surface area is 105 Å². The number of nitrogens with zero attached hydrogens (tertiary/aromatic N) is 2. The Balaban J connectivity index is 2.23. The molecule has 6 heteroatoms. The molecular formula is C11H17N3O2S. The first-order chi connectivity index (χ1) is 8.26. The Morgan fingerprint density at radius 1 is 1.47 bits per heavy atom. The number of methoxy groups -OCH3 is 2. The van der Waals surface area contributed by atoms with Gasteiger partial charge in [0.2, 0.25) is 11.8 Å². The van der Waals surface area contributed by atoms with E-state index in [9.17, 15) is 0 Å². The first kappa shape index (κ1) is 12.4. The Bertz CT molecular complexity index is 383. The summed E-state index contributed by atoms with van der Waals surface area (Å²) in [5.74, 6) is 2.07. The zero-order chi connectivity index (χ0) is 12.3. The number of hydrogen-bond donors (Lipinski definition) is 1. The van der Waals surface area contributed by atoms with Crippen LogP contribution in [0, 0.1) is 0 Å². The lowest BCUT2D eigenvalue weighted by molar-refractivity contribution is 0.352. The molecule has 0 amide bonds. The molecule has 0 aliphatic carbocycles. The Morgan fingerprint density at radius 3 is 2.88 bits per heavy atom. The van der Waals surface area contributed by atoms with Crippen LogP contribution in [0.5, 0.6) is 11.8 Å². The quantitative estimate of drug-likeness (QED) is 0.876. The van der Waals surface area contributed by atoms with Crippen LogP contribution in [0.15, 0.2) is 6.20 Å². The summed E-state index contributed by atoms with van der Waals surface area (Å²) in [7, 11) is 3.12. The molecule has 1 aromatic rings. The van der Waals surface area contributed by atoms with Gasteiger partial charge >= 0.3 is 0 Å². The summed E-state index contributed by atoms with van der Waals surface area (Å²) in [4.78, 5) is 8.52. The highest BCUT2D eigenvalue weighted by atomic mass is 32.2.